The highest BCUT2D eigenvalue weighted by atomic mass is 16.2. The van der Waals surface area contributed by atoms with Gasteiger partial charge in [0.05, 0.1) is 23.6 Å². The molecule has 7 nitrogen and oxygen atoms in total. The van der Waals surface area contributed by atoms with Crippen molar-refractivity contribution in [2.24, 2.45) is 0 Å². The minimum absolute atomic E-state index is 0.162. The lowest BCUT2D eigenvalue weighted by atomic mass is 10.2. The van der Waals surface area contributed by atoms with Crippen LogP contribution in [0.3, 0.4) is 0 Å². The first-order valence-corrected chi connectivity index (χ1v) is 9.28. The van der Waals surface area contributed by atoms with Gasteiger partial charge in [-0.2, -0.15) is 0 Å². The van der Waals surface area contributed by atoms with Crippen molar-refractivity contribution in [3.05, 3.63) is 84.7 Å². The van der Waals surface area contributed by atoms with Gasteiger partial charge in [0, 0.05) is 37.6 Å². The molecule has 1 amide bonds. The second kappa shape index (κ2) is 8.43. The van der Waals surface area contributed by atoms with Crippen molar-refractivity contribution in [1.29, 1.82) is 0 Å². The molecule has 4 rings (SSSR count). The molecule has 3 heterocycles. The van der Waals surface area contributed by atoms with Gasteiger partial charge in [-0.1, -0.05) is 18.2 Å². The number of rotatable bonds is 6. The van der Waals surface area contributed by atoms with E-state index in [0.29, 0.717) is 18.1 Å². The van der Waals surface area contributed by atoms with Gasteiger partial charge >= 0.3 is 0 Å². The number of hydrogen-bond acceptors (Lipinski definition) is 6. The highest BCUT2D eigenvalue weighted by Crippen LogP contribution is 2.23. The Balaban J connectivity index is 1.42. The summed E-state index contributed by atoms with van der Waals surface area (Å²) in [7, 11) is 1.76. The minimum atomic E-state index is -0.162. The largest absolute Gasteiger partial charge is 0.340 e. The van der Waals surface area contributed by atoms with E-state index >= 15 is 0 Å². The number of fused-ring (bicyclic) bond motifs is 1. The number of carbonyl (C=O) groups excluding carboxylic acids is 1. The molecule has 0 aliphatic heterocycles. The molecule has 0 atom stereocenters. The molecular weight excluding hydrogens is 364 g/mol. The van der Waals surface area contributed by atoms with Crippen molar-refractivity contribution in [3.8, 4) is 0 Å². The van der Waals surface area contributed by atoms with E-state index in [9.17, 15) is 4.79 Å². The zero-order valence-corrected chi connectivity index (χ0v) is 16.0. The van der Waals surface area contributed by atoms with Crippen LogP contribution in [-0.2, 0) is 6.42 Å². The Morgan fingerprint density at radius 1 is 0.966 bits per heavy atom. The van der Waals surface area contributed by atoms with Crippen LogP contribution in [0.1, 0.15) is 16.1 Å². The third-order valence-corrected chi connectivity index (χ3v) is 4.60. The van der Waals surface area contributed by atoms with Crippen LogP contribution in [0.25, 0.3) is 10.9 Å². The molecule has 144 valence electrons. The van der Waals surface area contributed by atoms with Gasteiger partial charge in [0.1, 0.15) is 11.5 Å². The number of likely N-dealkylation sites (N-methyl/N-ethyl adjacent to an activating group) is 1. The fraction of sp³-hybridized carbons (Fsp3) is 0.136. The summed E-state index contributed by atoms with van der Waals surface area (Å²) < 4.78 is 0. The highest BCUT2D eigenvalue weighted by molar-refractivity contribution is 5.93. The van der Waals surface area contributed by atoms with E-state index in [1.807, 2.05) is 42.5 Å². The average molecular weight is 384 g/mol. The molecule has 0 fully saturated rings. The number of hydrogen-bond donors (Lipinski definition) is 1. The lowest BCUT2D eigenvalue weighted by Crippen LogP contribution is -2.29. The summed E-state index contributed by atoms with van der Waals surface area (Å²) in [5, 5.41) is 4.26. The average Bonchev–Trinajstić information content (AvgIpc) is 2.78. The summed E-state index contributed by atoms with van der Waals surface area (Å²) in [6.45, 7) is 0.589. The Labute approximate surface area is 168 Å². The Morgan fingerprint density at radius 3 is 2.59 bits per heavy atom. The Bertz CT molecular complexity index is 1110. The lowest BCUT2D eigenvalue weighted by Gasteiger charge is -2.16. The van der Waals surface area contributed by atoms with E-state index in [-0.39, 0.29) is 5.91 Å². The number of pyridine rings is 2. The van der Waals surface area contributed by atoms with Gasteiger partial charge < -0.3 is 10.2 Å². The van der Waals surface area contributed by atoms with Crippen LogP contribution in [-0.4, -0.2) is 44.3 Å². The molecule has 7 heteroatoms. The zero-order valence-electron chi connectivity index (χ0n) is 16.0. The standard InChI is InChI=1S/C22H20N6O/c1-28(13-9-16-7-11-23-12-8-16)22(29)19-14-26-20(15-25-19)27-18-6-2-4-17-5-3-10-24-21(17)18/h2-8,10-12,14-15H,9,13H2,1H3,(H,26,27). The molecule has 0 aliphatic carbocycles. The molecule has 0 saturated carbocycles. The summed E-state index contributed by atoms with van der Waals surface area (Å²) in [5.74, 6) is 0.393. The van der Waals surface area contributed by atoms with Gasteiger partial charge in [-0.05, 0) is 36.2 Å². The second-order valence-corrected chi connectivity index (χ2v) is 6.62. The Morgan fingerprint density at radius 2 is 1.79 bits per heavy atom. The first kappa shape index (κ1) is 18.5. The summed E-state index contributed by atoms with van der Waals surface area (Å²) >= 11 is 0. The molecular formula is C22H20N6O. The fourth-order valence-electron chi connectivity index (χ4n) is 2.99. The van der Waals surface area contributed by atoms with Crippen molar-refractivity contribution >= 4 is 28.3 Å². The number of benzene rings is 1. The van der Waals surface area contributed by atoms with Gasteiger partial charge in [0.2, 0.25) is 0 Å². The van der Waals surface area contributed by atoms with Crippen molar-refractivity contribution in [3.63, 3.8) is 0 Å². The minimum Gasteiger partial charge on any atom is -0.340 e. The summed E-state index contributed by atoms with van der Waals surface area (Å²) in [5.41, 5.74) is 3.14. The van der Waals surface area contributed by atoms with Gasteiger partial charge in [-0.3, -0.25) is 14.8 Å². The van der Waals surface area contributed by atoms with Crippen molar-refractivity contribution < 1.29 is 4.79 Å². The van der Waals surface area contributed by atoms with E-state index in [0.717, 1.165) is 28.6 Å². The number of nitrogens with zero attached hydrogens (tertiary/aromatic N) is 5. The van der Waals surface area contributed by atoms with Gasteiger partial charge in [0.25, 0.3) is 5.91 Å². The monoisotopic (exact) mass is 384 g/mol. The van der Waals surface area contributed by atoms with E-state index in [1.165, 1.54) is 6.20 Å². The van der Waals surface area contributed by atoms with Gasteiger partial charge in [0.15, 0.2) is 0 Å². The molecule has 1 N–H and O–H groups in total. The van der Waals surface area contributed by atoms with Crippen LogP contribution in [0.5, 0.6) is 0 Å². The molecule has 0 bridgehead atoms. The normalized spacial score (nSPS) is 10.7. The first-order chi connectivity index (χ1) is 14.2. The Hall–Kier alpha value is -3.87. The molecule has 3 aromatic heterocycles. The molecule has 0 aliphatic rings. The van der Waals surface area contributed by atoms with Crippen LogP contribution < -0.4 is 5.32 Å². The van der Waals surface area contributed by atoms with E-state index < -0.39 is 0 Å². The summed E-state index contributed by atoms with van der Waals surface area (Å²) in [4.78, 5) is 31.3. The maximum absolute atomic E-state index is 12.6. The molecule has 0 unspecified atom stereocenters. The van der Waals surface area contributed by atoms with Crippen molar-refractivity contribution in [2.45, 2.75) is 6.42 Å². The maximum atomic E-state index is 12.6. The van der Waals surface area contributed by atoms with Crippen LogP contribution in [0.2, 0.25) is 0 Å². The van der Waals surface area contributed by atoms with Crippen molar-refractivity contribution in [2.75, 3.05) is 18.9 Å². The number of nitrogens with one attached hydrogen (secondary N) is 1. The van der Waals surface area contributed by atoms with Crippen LogP contribution in [0.15, 0.2) is 73.4 Å². The fourth-order valence-corrected chi connectivity index (χ4v) is 2.99. The number of carbonyl (C=O) groups is 1. The summed E-state index contributed by atoms with van der Waals surface area (Å²) in [6, 6.07) is 13.7. The molecule has 0 spiro atoms. The number of anilines is 2. The third kappa shape index (κ3) is 4.35. The van der Waals surface area contributed by atoms with Crippen LogP contribution in [0, 0.1) is 0 Å². The lowest BCUT2D eigenvalue weighted by molar-refractivity contribution is 0.0790. The van der Waals surface area contributed by atoms with Crippen molar-refractivity contribution in [1.82, 2.24) is 24.8 Å². The quantitative estimate of drug-likeness (QED) is 0.548. The maximum Gasteiger partial charge on any atom is 0.273 e. The van der Waals surface area contributed by atoms with Gasteiger partial charge in [-0.15, -0.1) is 0 Å². The third-order valence-electron chi connectivity index (χ3n) is 4.60. The summed E-state index contributed by atoms with van der Waals surface area (Å²) in [6.07, 6.45) is 9.06. The van der Waals surface area contributed by atoms with Gasteiger partial charge in [-0.25, -0.2) is 9.97 Å². The molecule has 4 aromatic rings. The van der Waals surface area contributed by atoms with E-state index in [2.05, 4.69) is 25.3 Å². The second-order valence-electron chi connectivity index (χ2n) is 6.62. The smallest absolute Gasteiger partial charge is 0.273 e. The molecule has 1 aromatic carbocycles. The highest BCUT2D eigenvalue weighted by Gasteiger charge is 2.14. The SMILES string of the molecule is CN(CCc1ccncc1)C(=O)c1cnc(Nc2cccc3cccnc23)cn1. The molecule has 0 radical (unpaired) electrons. The van der Waals surface area contributed by atoms with Crippen LogP contribution in [0.4, 0.5) is 11.5 Å². The topological polar surface area (TPSA) is 83.9 Å². The predicted octanol–water partition coefficient (Wildman–Crippen LogP) is 3.48. The Kier molecular flexibility index (Phi) is 5.38. The predicted molar refractivity (Wildman–Crippen MR) is 112 cm³/mol. The number of aromatic nitrogens is 4. The molecule has 0 saturated heterocycles. The zero-order chi connectivity index (χ0) is 20.1. The number of para-hydroxylation sites is 1. The van der Waals surface area contributed by atoms with E-state index in [1.54, 1.807) is 36.7 Å². The first-order valence-electron chi connectivity index (χ1n) is 9.28. The van der Waals surface area contributed by atoms with Crippen LogP contribution >= 0.6 is 0 Å². The van der Waals surface area contributed by atoms with E-state index in [4.69, 9.17) is 0 Å². The number of amides is 1. The molecule has 29 heavy (non-hydrogen) atoms.